The molecule has 0 aromatic heterocycles. The van der Waals surface area contributed by atoms with Crippen LogP contribution >= 0.6 is 0 Å². The molecule has 4 N–H and O–H groups in total. The number of nitrogens with one attached hydrogen (secondary N) is 1. The minimum absolute atomic E-state index is 0.0449. The maximum Gasteiger partial charge on any atom is 0.138 e. The summed E-state index contributed by atoms with van der Waals surface area (Å²) in [6, 6.07) is 4.98. The predicted molar refractivity (Wildman–Crippen MR) is 78.8 cm³/mol. The number of hydrogen-bond acceptors (Lipinski definition) is 4. The molecule has 1 aromatic carbocycles. The Kier molecular flexibility index (Phi) is 5.67. The SMILES string of the molecule is N=C(N)c1cccc(CN2CCC(OCCO)CC2)c1F. The molecule has 0 unspecified atom stereocenters. The number of halogens is 1. The van der Waals surface area contributed by atoms with E-state index in [0.29, 0.717) is 18.7 Å². The van der Waals surface area contributed by atoms with Crippen molar-refractivity contribution in [3.8, 4) is 0 Å². The molecular formula is C15H22FN3O2. The summed E-state index contributed by atoms with van der Waals surface area (Å²) in [4.78, 5) is 2.17. The number of likely N-dealkylation sites (tertiary alicyclic amines) is 1. The molecule has 1 aromatic rings. The molecule has 1 aliphatic heterocycles. The lowest BCUT2D eigenvalue weighted by Crippen LogP contribution is -2.37. The summed E-state index contributed by atoms with van der Waals surface area (Å²) < 4.78 is 19.7. The lowest BCUT2D eigenvalue weighted by molar-refractivity contribution is -0.00914. The second-order valence-corrected chi connectivity index (χ2v) is 5.26. The van der Waals surface area contributed by atoms with Crippen LogP contribution in [0.2, 0.25) is 0 Å². The molecule has 21 heavy (non-hydrogen) atoms. The largest absolute Gasteiger partial charge is 0.394 e. The van der Waals surface area contributed by atoms with Gasteiger partial charge in [-0.1, -0.05) is 12.1 Å². The maximum atomic E-state index is 14.2. The minimum atomic E-state index is -0.399. The maximum absolute atomic E-state index is 14.2. The highest BCUT2D eigenvalue weighted by molar-refractivity contribution is 5.95. The Morgan fingerprint density at radius 2 is 2.14 bits per heavy atom. The van der Waals surface area contributed by atoms with E-state index in [1.165, 1.54) is 6.07 Å². The first-order valence-electron chi connectivity index (χ1n) is 7.18. The van der Waals surface area contributed by atoms with E-state index in [4.69, 9.17) is 21.0 Å². The Balaban J connectivity index is 1.92. The quantitative estimate of drug-likeness (QED) is 0.542. The summed E-state index contributed by atoms with van der Waals surface area (Å²) in [6.07, 6.45) is 1.95. The van der Waals surface area contributed by atoms with Crippen molar-refractivity contribution in [1.29, 1.82) is 5.41 Å². The van der Waals surface area contributed by atoms with Crippen molar-refractivity contribution < 1.29 is 14.2 Å². The van der Waals surface area contributed by atoms with Crippen molar-refractivity contribution in [2.75, 3.05) is 26.3 Å². The average Bonchev–Trinajstić information content (AvgIpc) is 2.48. The van der Waals surface area contributed by atoms with Crippen LogP contribution in [0.15, 0.2) is 18.2 Å². The van der Waals surface area contributed by atoms with Crippen molar-refractivity contribution in [2.24, 2.45) is 5.73 Å². The van der Waals surface area contributed by atoms with Crippen LogP contribution in [0.5, 0.6) is 0 Å². The van der Waals surface area contributed by atoms with Gasteiger partial charge >= 0.3 is 0 Å². The van der Waals surface area contributed by atoms with Gasteiger partial charge in [0.25, 0.3) is 0 Å². The zero-order chi connectivity index (χ0) is 15.2. The molecule has 116 valence electrons. The molecule has 1 fully saturated rings. The van der Waals surface area contributed by atoms with Crippen LogP contribution in [0.1, 0.15) is 24.0 Å². The number of aliphatic hydroxyl groups excluding tert-OH is 1. The molecule has 1 aliphatic rings. The zero-order valence-electron chi connectivity index (χ0n) is 12.0. The fourth-order valence-corrected chi connectivity index (χ4v) is 2.60. The summed E-state index contributed by atoms with van der Waals surface area (Å²) in [5, 5.41) is 16.1. The first-order chi connectivity index (χ1) is 10.1. The first kappa shape index (κ1) is 15.9. The molecule has 1 saturated heterocycles. The molecule has 2 rings (SSSR count). The Labute approximate surface area is 124 Å². The zero-order valence-corrected chi connectivity index (χ0v) is 12.0. The summed E-state index contributed by atoms with van der Waals surface area (Å²) in [5.74, 6) is -0.644. The van der Waals surface area contributed by atoms with Crippen molar-refractivity contribution in [1.82, 2.24) is 4.90 Å². The van der Waals surface area contributed by atoms with Gasteiger partial charge in [0.2, 0.25) is 0 Å². The molecule has 0 aliphatic carbocycles. The monoisotopic (exact) mass is 295 g/mol. The summed E-state index contributed by atoms with van der Waals surface area (Å²) in [7, 11) is 0. The van der Waals surface area contributed by atoms with Crippen LogP contribution < -0.4 is 5.73 Å². The van der Waals surface area contributed by atoms with Gasteiger partial charge < -0.3 is 15.6 Å². The Morgan fingerprint density at radius 1 is 1.43 bits per heavy atom. The second-order valence-electron chi connectivity index (χ2n) is 5.26. The molecule has 0 atom stereocenters. The van der Waals surface area contributed by atoms with Gasteiger partial charge in [-0.25, -0.2) is 4.39 Å². The van der Waals surface area contributed by atoms with Gasteiger partial charge in [0.1, 0.15) is 11.7 Å². The van der Waals surface area contributed by atoms with Crippen LogP contribution in [0.4, 0.5) is 4.39 Å². The van der Waals surface area contributed by atoms with Gasteiger partial charge in [-0.3, -0.25) is 10.3 Å². The van der Waals surface area contributed by atoms with Gasteiger partial charge in [0, 0.05) is 25.2 Å². The van der Waals surface area contributed by atoms with E-state index in [1.807, 2.05) is 0 Å². The van der Waals surface area contributed by atoms with Crippen LogP contribution in [-0.2, 0) is 11.3 Å². The van der Waals surface area contributed by atoms with Crippen LogP contribution in [0.3, 0.4) is 0 Å². The van der Waals surface area contributed by atoms with E-state index >= 15 is 0 Å². The Hall–Kier alpha value is -1.50. The normalized spacial score (nSPS) is 17.0. The lowest BCUT2D eigenvalue weighted by Gasteiger charge is -2.32. The molecular weight excluding hydrogens is 273 g/mol. The molecule has 5 nitrogen and oxygen atoms in total. The fraction of sp³-hybridized carbons (Fsp3) is 0.533. The standard InChI is InChI=1S/C15H22FN3O2/c16-14-11(2-1-3-13(14)15(17)18)10-19-6-4-12(5-7-19)21-9-8-20/h1-3,12,20H,4-10H2,(H3,17,18). The van der Waals surface area contributed by atoms with Crippen molar-refractivity contribution in [3.05, 3.63) is 35.1 Å². The number of ether oxygens (including phenoxy) is 1. The topological polar surface area (TPSA) is 82.6 Å². The van der Waals surface area contributed by atoms with Gasteiger partial charge in [-0.05, 0) is 18.9 Å². The Morgan fingerprint density at radius 3 is 2.76 bits per heavy atom. The molecule has 0 amide bonds. The van der Waals surface area contributed by atoms with E-state index in [0.717, 1.165) is 25.9 Å². The number of benzene rings is 1. The Bertz CT molecular complexity index is 488. The fourth-order valence-electron chi connectivity index (χ4n) is 2.60. The lowest BCUT2D eigenvalue weighted by atomic mass is 10.0. The number of amidine groups is 1. The number of nitrogen functional groups attached to an aromatic ring is 1. The molecule has 0 spiro atoms. The van der Waals surface area contributed by atoms with Crippen LogP contribution in [0, 0.1) is 11.2 Å². The van der Waals surface area contributed by atoms with Gasteiger partial charge in [0.15, 0.2) is 0 Å². The van der Waals surface area contributed by atoms with E-state index in [2.05, 4.69) is 4.90 Å². The molecule has 1 heterocycles. The molecule has 0 radical (unpaired) electrons. The predicted octanol–water partition coefficient (Wildman–Crippen LogP) is 1.08. The molecule has 0 bridgehead atoms. The molecule has 6 heteroatoms. The second kappa shape index (κ2) is 7.49. The van der Waals surface area contributed by atoms with Crippen molar-refractivity contribution in [3.63, 3.8) is 0 Å². The van der Waals surface area contributed by atoms with E-state index < -0.39 is 5.82 Å². The van der Waals surface area contributed by atoms with E-state index in [1.54, 1.807) is 12.1 Å². The third kappa shape index (κ3) is 4.23. The third-order valence-corrected chi connectivity index (χ3v) is 3.74. The first-order valence-corrected chi connectivity index (χ1v) is 7.18. The van der Waals surface area contributed by atoms with Gasteiger partial charge in [-0.15, -0.1) is 0 Å². The summed E-state index contributed by atoms with van der Waals surface area (Å²) in [6.45, 7) is 2.60. The van der Waals surface area contributed by atoms with Crippen LogP contribution in [-0.4, -0.2) is 48.2 Å². The number of rotatable bonds is 6. The highest BCUT2D eigenvalue weighted by atomic mass is 19.1. The number of aliphatic hydroxyl groups is 1. The number of hydrogen-bond donors (Lipinski definition) is 3. The number of nitrogens with zero attached hydrogens (tertiary/aromatic N) is 1. The molecule has 0 saturated carbocycles. The third-order valence-electron chi connectivity index (χ3n) is 3.74. The highest BCUT2D eigenvalue weighted by Gasteiger charge is 2.21. The van der Waals surface area contributed by atoms with Gasteiger partial charge in [-0.2, -0.15) is 0 Å². The van der Waals surface area contributed by atoms with Crippen molar-refractivity contribution >= 4 is 5.84 Å². The number of nitrogens with two attached hydrogens (primary N) is 1. The van der Waals surface area contributed by atoms with Crippen LogP contribution in [0.25, 0.3) is 0 Å². The van der Waals surface area contributed by atoms with Crippen molar-refractivity contribution in [2.45, 2.75) is 25.5 Å². The van der Waals surface area contributed by atoms with E-state index in [-0.39, 0.29) is 24.1 Å². The minimum Gasteiger partial charge on any atom is -0.394 e. The highest BCUT2D eigenvalue weighted by Crippen LogP contribution is 2.19. The summed E-state index contributed by atoms with van der Waals surface area (Å²) in [5.41, 5.74) is 6.10. The number of piperidine rings is 1. The average molecular weight is 295 g/mol. The smallest absolute Gasteiger partial charge is 0.138 e. The van der Waals surface area contributed by atoms with E-state index in [9.17, 15) is 4.39 Å². The summed E-state index contributed by atoms with van der Waals surface area (Å²) >= 11 is 0. The van der Waals surface area contributed by atoms with Gasteiger partial charge in [0.05, 0.1) is 24.9 Å².